The molecule has 2 aromatic rings. The van der Waals surface area contributed by atoms with Gasteiger partial charge in [0.25, 0.3) is 5.91 Å². The van der Waals surface area contributed by atoms with Crippen molar-refractivity contribution >= 4 is 45.0 Å². The van der Waals surface area contributed by atoms with Crippen LogP contribution in [0, 0.1) is 3.57 Å². The summed E-state index contributed by atoms with van der Waals surface area (Å²) < 4.78 is 1.11. The molecular formula is C14H14IN3OS. The number of rotatable bonds is 2. The van der Waals surface area contributed by atoms with Gasteiger partial charge in [0.2, 0.25) is 0 Å². The number of hydrogen-bond acceptors (Lipinski definition) is 4. The maximum absolute atomic E-state index is 12.1. The molecule has 1 heterocycles. The first-order valence-corrected chi connectivity index (χ1v) is 8.32. The zero-order valence-electron chi connectivity index (χ0n) is 10.7. The number of nitrogens with zero attached hydrogens (tertiary/aromatic N) is 1. The summed E-state index contributed by atoms with van der Waals surface area (Å²) in [5.41, 5.74) is 7.70. The summed E-state index contributed by atoms with van der Waals surface area (Å²) in [6.07, 6.45) is 2.75. The lowest BCUT2D eigenvalue weighted by atomic mass is 9.99. The number of nitrogens with one attached hydrogen (secondary N) is 1. The van der Waals surface area contributed by atoms with E-state index in [1.54, 1.807) is 11.3 Å². The van der Waals surface area contributed by atoms with Gasteiger partial charge in [-0.3, -0.25) is 10.1 Å². The molecule has 0 saturated carbocycles. The largest absolute Gasteiger partial charge is 0.327 e. The standard InChI is InChI=1S/C14H14IN3OS/c15-9-3-1-8(2-4-9)13(19)18-14-17-11-6-5-10(16)7-12(11)20-14/h1-4,10H,5-7,16H2,(H,17,18,19)/t10-/m0/s1. The van der Waals surface area contributed by atoms with Crippen molar-refractivity contribution in [3.05, 3.63) is 44.0 Å². The smallest absolute Gasteiger partial charge is 0.257 e. The van der Waals surface area contributed by atoms with Crippen molar-refractivity contribution in [2.45, 2.75) is 25.3 Å². The number of fused-ring (bicyclic) bond motifs is 1. The predicted octanol–water partition coefficient (Wildman–Crippen LogP) is 2.82. The molecule has 1 aliphatic rings. The van der Waals surface area contributed by atoms with Gasteiger partial charge in [0.15, 0.2) is 5.13 Å². The van der Waals surface area contributed by atoms with Gasteiger partial charge >= 0.3 is 0 Å². The Morgan fingerprint density at radius 3 is 2.90 bits per heavy atom. The highest BCUT2D eigenvalue weighted by molar-refractivity contribution is 14.1. The number of amides is 1. The van der Waals surface area contributed by atoms with Crippen LogP contribution in [0.3, 0.4) is 0 Å². The molecule has 1 aromatic heterocycles. The van der Waals surface area contributed by atoms with E-state index in [-0.39, 0.29) is 11.9 Å². The summed E-state index contributed by atoms with van der Waals surface area (Å²) in [6, 6.07) is 7.70. The van der Waals surface area contributed by atoms with Crippen LogP contribution < -0.4 is 11.1 Å². The third-order valence-electron chi connectivity index (χ3n) is 3.30. The Balaban J connectivity index is 1.75. The van der Waals surface area contributed by atoms with E-state index < -0.39 is 0 Å². The highest BCUT2D eigenvalue weighted by Gasteiger charge is 2.20. The molecular weight excluding hydrogens is 385 g/mol. The second kappa shape index (κ2) is 5.79. The lowest BCUT2D eigenvalue weighted by molar-refractivity contribution is 0.102. The number of nitrogens with two attached hydrogens (primary N) is 1. The van der Waals surface area contributed by atoms with Crippen molar-refractivity contribution in [1.29, 1.82) is 0 Å². The van der Waals surface area contributed by atoms with Crippen molar-refractivity contribution in [2.24, 2.45) is 5.73 Å². The minimum atomic E-state index is -0.114. The van der Waals surface area contributed by atoms with Crippen LogP contribution in [-0.2, 0) is 12.8 Å². The zero-order valence-corrected chi connectivity index (χ0v) is 13.7. The second-order valence-corrected chi connectivity index (χ2v) is 7.18. The molecule has 1 aromatic carbocycles. The van der Waals surface area contributed by atoms with Crippen LogP contribution in [0.1, 0.15) is 27.3 Å². The molecule has 6 heteroatoms. The number of hydrogen-bond donors (Lipinski definition) is 2. The lowest BCUT2D eigenvalue weighted by Crippen LogP contribution is -2.27. The number of aromatic nitrogens is 1. The van der Waals surface area contributed by atoms with Gasteiger partial charge in [-0.05, 0) is 66.1 Å². The Morgan fingerprint density at radius 2 is 2.15 bits per heavy atom. The summed E-state index contributed by atoms with van der Waals surface area (Å²) in [6.45, 7) is 0. The molecule has 0 spiro atoms. The van der Waals surface area contributed by atoms with E-state index in [0.717, 1.165) is 28.5 Å². The molecule has 104 valence electrons. The van der Waals surface area contributed by atoms with E-state index in [9.17, 15) is 4.79 Å². The fourth-order valence-electron chi connectivity index (χ4n) is 2.22. The van der Waals surface area contributed by atoms with Gasteiger partial charge in [0.05, 0.1) is 5.69 Å². The van der Waals surface area contributed by atoms with E-state index in [2.05, 4.69) is 32.9 Å². The van der Waals surface area contributed by atoms with Gasteiger partial charge < -0.3 is 5.73 Å². The molecule has 20 heavy (non-hydrogen) atoms. The first kappa shape index (κ1) is 14.0. The Hall–Kier alpha value is -0.990. The van der Waals surface area contributed by atoms with E-state index in [0.29, 0.717) is 10.7 Å². The third kappa shape index (κ3) is 3.02. The van der Waals surface area contributed by atoms with Crippen molar-refractivity contribution < 1.29 is 4.79 Å². The maximum atomic E-state index is 12.1. The lowest BCUT2D eigenvalue weighted by Gasteiger charge is -2.15. The van der Waals surface area contributed by atoms with Crippen molar-refractivity contribution in [2.75, 3.05) is 5.32 Å². The van der Waals surface area contributed by atoms with E-state index in [1.165, 1.54) is 4.88 Å². The summed E-state index contributed by atoms with van der Waals surface area (Å²) in [5.74, 6) is -0.114. The van der Waals surface area contributed by atoms with Crippen LogP contribution in [0.4, 0.5) is 5.13 Å². The molecule has 1 amide bonds. The summed E-state index contributed by atoms with van der Waals surface area (Å²) in [5, 5.41) is 3.55. The Morgan fingerprint density at radius 1 is 1.40 bits per heavy atom. The normalized spacial score (nSPS) is 17.6. The number of aryl methyl sites for hydroxylation is 1. The Bertz CT molecular complexity index is 638. The number of thiazole rings is 1. The number of benzene rings is 1. The minimum absolute atomic E-state index is 0.114. The van der Waals surface area contributed by atoms with Gasteiger partial charge in [0.1, 0.15) is 0 Å². The molecule has 1 aliphatic carbocycles. The highest BCUT2D eigenvalue weighted by Crippen LogP contribution is 2.29. The number of carbonyl (C=O) groups is 1. The molecule has 0 bridgehead atoms. The number of carbonyl (C=O) groups excluding carboxylic acids is 1. The van der Waals surface area contributed by atoms with Crippen molar-refractivity contribution in [3.63, 3.8) is 0 Å². The maximum Gasteiger partial charge on any atom is 0.257 e. The van der Waals surface area contributed by atoms with Crippen LogP contribution >= 0.6 is 33.9 Å². The number of halogens is 1. The topological polar surface area (TPSA) is 68.0 Å². The fourth-order valence-corrected chi connectivity index (χ4v) is 3.68. The van der Waals surface area contributed by atoms with Crippen LogP contribution in [0.2, 0.25) is 0 Å². The quantitative estimate of drug-likeness (QED) is 0.764. The van der Waals surface area contributed by atoms with E-state index in [4.69, 9.17) is 5.73 Å². The van der Waals surface area contributed by atoms with Crippen LogP contribution in [-0.4, -0.2) is 16.9 Å². The minimum Gasteiger partial charge on any atom is -0.327 e. The third-order valence-corrected chi connectivity index (χ3v) is 5.06. The molecule has 0 fully saturated rings. The first-order chi connectivity index (χ1) is 9.61. The van der Waals surface area contributed by atoms with Gasteiger partial charge in [-0.15, -0.1) is 11.3 Å². The van der Waals surface area contributed by atoms with Crippen LogP contribution in [0.15, 0.2) is 24.3 Å². The SMILES string of the molecule is N[C@H]1CCc2nc(NC(=O)c3ccc(I)cc3)sc2C1. The Kier molecular flexibility index (Phi) is 4.04. The fraction of sp³-hybridized carbons (Fsp3) is 0.286. The zero-order chi connectivity index (χ0) is 14.1. The van der Waals surface area contributed by atoms with Crippen molar-refractivity contribution in [3.8, 4) is 0 Å². The Labute approximate surface area is 134 Å². The summed E-state index contributed by atoms with van der Waals surface area (Å²) >= 11 is 3.76. The summed E-state index contributed by atoms with van der Waals surface area (Å²) in [4.78, 5) is 17.8. The van der Waals surface area contributed by atoms with Crippen molar-refractivity contribution in [1.82, 2.24) is 4.98 Å². The average molecular weight is 399 g/mol. The monoisotopic (exact) mass is 399 g/mol. The summed E-state index contributed by atoms with van der Waals surface area (Å²) in [7, 11) is 0. The predicted molar refractivity (Wildman–Crippen MR) is 89.2 cm³/mol. The molecule has 4 nitrogen and oxygen atoms in total. The molecule has 0 saturated heterocycles. The van der Waals surface area contributed by atoms with Crippen LogP contribution in [0.25, 0.3) is 0 Å². The average Bonchev–Trinajstić information content (AvgIpc) is 2.80. The molecule has 0 unspecified atom stereocenters. The number of anilines is 1. The van der Waals surface area contributed by atoms with E-state index in [1.807, 2.05) is 24.3 Å². The van der Waals surface area contributed by atoms with Gasteiger partial charge in [0, 0.05) is 20.1 Å². The van der Waals surface area contributed by atoms with Gasteiger partial charge in [-0.2, -0.15) is 0 Å². The molecule has 0 aliphatic heterocycles. The molecule has 3 N–H and O–H groups in total. The molecule has 3 rings (SSSR count). The first-order valence-electron chi connectivity index (χ1n) is 6.43. The molecule has 1 atom stereocenters. The van der Waals surface area contributed by atoms with Gasteiger partial charge in [-0.1, -0.05) is 0 Å². The van der Waals surface area contributed by atoms with Crippen LogP contribution in [0.5, 0.6) is 0 Å². The van der Waals surface area contributed by atoms with Gasteiger partial charge in [-0.25, -0.2) is 4.98 Å². The molecule has 0 radical (unpaired) electrons. The highest BCUT2D eigenvalue weighted by atomic mass is 127. The van der Waals surface area contributed by atoms with E-state index >= 15 is 0 Å². The second-order valence-electron chi connectivity index (χ2n) is 4.85.